The summed E-state index contributed by atoms with van der Waals surface area (Å²) in [4.78, 5) is 9.10. The van der Waals surface area contributed by atoms with Crippen LogP contribution in [0.3, 0.4) is 0 Å². The van der Waals surface area contributed by atoms with Gasteiger partial charge in [-0.2, -0.15) is 0 Å². The zero-order valence-electron chi connectivity index (χ0n) is 12.3. The van der Waals surface area contributed by atoms with Crippen LogP contribution in [-0.2, 0) is 0 Å². The molecule has 1 aromatic carbocycles. The average Bonchev–Trinajstić information content (AvgIpc) is 2.45. The maximum absolute atomic E-state index is 4.55. The van der Waals surface area contributed by atoms with Crippen LogP contribution < -0.4 is 0 Å². The third kappa shape index (κ3) is 5.21. The van der Waals surface area contributed by atoms with E-state index in [1.807, 2.05) is 6.08 Å². The molecule has 0 heterocycles. The van der Waals surface area contributed by atoms with Crippen molar-refractivity contribution in [2.45, 2.75) is 33.6 Å². The number of hydrogen-bond donors (Lipinski definition) is 0. The molecule has 102 valence electrons. The third-order valence-electron chi connectivity index (χ3n) is 2.95. The topological polar surface area (TPSA) is 24.7 Å². The molecule has 0 atom stereocenters. The highest BCUT2D eigenvalue weighted by Gasteiger charge is 2.01. The standard InChI is InChI=1S/C17H24N2/c1-5-7-12-19-15(4)17-10-8-9-16(13-17)14(3)18-11-6-2/h5,8-10,13H,1,6-7,11-12H2,2-4H3. The Labute approximate surface area is 117 Å². The van der Waals surface area contributed by atoms with E-state index in [9.17, 15) is 0 Å². The van der Waals surface area contributed by atoms with Gasteiger partial charge in [0.1, 0.15) is 0 Å². The highest BCUT2D eigenvalue weighted by Crippen LogP contribution is 2.09. The molecule has 0 spiro atoms. The molecule has 0 saturated heterocycles. The second-order valence-corrected chi connectivity index (χ2v) is 4.59. The Morgan fingerprint density at radius 2 is 1.68 bits per heavy atom. The molecule has 19 heavy (non-hydrogen) atoms. The van der Waals surface area contributed by atoms with E-state index in [-0.39, 0.29) is 0 Å². The summed E-state index contributed by atoms with van der Waals surface area (Å²) in [5, 5.41) is 0. The van der Waals surface area contributed by atoms with Crippen LogP contribution in [0.25, 0.3) is 0 Å². The van der Waals surface area contributed by atoms with E-state index in [2.05, 4.69) is 61.6 Å². The molecule has 0 radical (unpaired) electrons. The Balaban J connectivity index is 2.87. The minimum atomic E-state index is 0.808. The Hall–Kier alpha value is -1.70. The summed E-state index contributed by atoms with van der Waals surface area (Å²) in [6.45, 7) is 11.7. The first-order valence-corrected chi connectivity index (χ1v) is 6.92. The first kappa shape index (κ1) is 15.4. The Morgan fingerprint density at radius 1 is 1.11 bits per heavy atom. The number of rotatable bonds is 7. The Kier molecular flexibility index (Phi) is 6.80. The number of hydrogen-bond acceptors (Lipinski definition) is 2. The molecular formula is C17H24N2. The fourth-order valence-corrected chi connectivity index (χ4v) is 1.75. The van der Waals surface area contributed by atoms with Crippen molar-refractivity contribution in [3.63, 3.8) is 0 Å². The lowest BCUT2D eigenvalue weighted by molar-refractivity contribution is 0.931. The van der Waals surface area contributed by atoms with E-state index in [0.29, 0.717) is 0 Å². The monoisotopic (exact) mass is 256 g/mol. The molecular weight excluding hydrogens is 232 g/mol. The zero-order valence-corrected chi connectivity index (χ0v) is 12.3. The van der Waals surface area contributed by atoms with Gasteiger partial charge in [0.2, 0.25) is 0 Å². The Bertz CT molecular complexity index is 470. The van der Waals surface area contributed by atoms with Gasteiger partial charge in [-0.15, -0.1) is 6.58 Å². The molecule has 0 saturated carbocycles. The van der Waals surface area contributed by atoms with Gasteiger partial charge >= 0.3 is 0 Å². The van der Waals surface area contributed by atoms with Gasteiger partial charge in [0.25, 0.3) is 0 Å². The van der Waals surface area contributed by atoms with Crippen LogP contribution >= 0.6 is 0 Å². The van der Waals surface area contributed by atoms with Crippen LogP contribution in [-0.4, -0.2) is 24.5 Å². The van der Waals surface area contributed by atoms with Gasteiger partial charge in [0.15, 0.2) is 0 Å². The summed E-state index contributed by atoms with van der Waals surface area (Å²) < 4.78 is 0. The summed E-state index contributed by atoms with van der Waals surface area (Å²) in [7, 11) is 0. The van der Waals surface area contributed by atoms with Crippen molar-refractivity contribution in [1.29, 1.82) is 0 Å². The fourth-order valence-electron chi connectivity index (χ4n) is 1.75. The lowest BCUT2D eigenvalue weighted by atomic mass is 10.0. The van der Waals surface area contributed by atoms with E-state index < -0.39 is 0 Å². The minimum absolute atomic E-state index is 0.808. The molecule has 0 aliphatic carbocycles. The molecule has 0 amide bonds. The quantitative estimate of drug-likeness (QED) is 0.395. The van der Waals surface area contributed by atoms with Crippen molar-refractivity contribution in [2.24, 2.45) is 9.98 Å². The highest BCUT2D eigenvalue weighted by atomic mass is 14.7. The lowest BCUT2D eigenvalue weighted by Crippen LogP contribution is -2.01. The summed E-state index contributed by atoms with van der Waals surface area (Å²) in [5.74, 6) is 0. The molecule has 0 N–H and O–H groups in total. The van der Waals surface area contributed by atoms with E-state index >= 15 is 0 Å². The summed E-state index contributed by atoms with van der Waals surface area (Å²) >= 11 is 0. The molecule has 0 aliphatic rings. The maximum Gasteiger partial charge on any atom is 0.0427 e. The van der Waals surface area contributed by atoms with Gasteiger partial charge in [-0.25, -0.2) is 0 Å². The third-order valence-corrected chi connectivity index (χ3v) is 2.95. The normalized spacial score (nSPS) is 12.6. The average molecular weight is 256 g/mol. The van der Waals surface area contributed by atoms with Gasteiger partial charge in [-0.3, -0.25) is 9.98 Å². The van der Waals surface area contributed by atoms with Crippen LogP contribution in [0.1, 0.15) is 44.7 Å². The van der Waals surface area contributed by atoms with Crippen molar-refractivity contribution in [1.82, 2.24) is 0 Å². The molecule has 0 fully saturated rings. The first-order chi connectivity index (χ1) is 9.19. The second-order valence-electron chi connectivity index (χ2n) is 4.59. The molecule has 0 bridgehead atoms. The van der Waals surface area contributed by atoms with Crippen molar-refractivity contribution in [3.05, 3.63) is 48.0 Å². The maximum atomic E-state index is 4.55. The summed E-state index contributed by atoms with van der Waals surface area (Å²) in [5.41, 5.74) is 4.53. The number of benzene rings is 1. The van der Waals surface area contributed by atoms with Crippen molar-refractivity contribution in [3.8, 4) is 0 Å². The predicted octanol–water partition coefficient (Wildman–Crippen LogP) is 4.29. The van der Waals surface area contributed by atoms with E-state index in [1.54, 1.807) is 0 Å². The van der Waals surface area contributed by atoms with Crippen LogP contribution in [0.5, 0.6) is 0 Å². The molecule has 1 rings (SSSR count). The molecule has 0 aliphatic heterocycles. The number of nitrogens with zero attached hydrogens (tertiary/aromatic N) is 2. The minimum Gasteiger partial charge on any atom is -0.289 e. The van der Waals surface area contributed by atoms with Crippen LogP contribution in [0, 0.1) is 0 Å². The molecule has 0 aromatic heterocycles. The fraction of sp³-hybridized carbons (Fsp3) is 0.412. The molecule has 2 heteroatoms. The zero-order chi connectivity index (χ0) is 14.1. The number of aliphatic imine (C=N–C) groups is 2. The van der Waals surface area contributed by atoms with Gasteiger partial charge in [0, 0.05) is 24.5 Å². The highest BCUT2D eigenvalue weighted by molar-refractivity contribution is 6.03. The second kappa shape index (κ2) is 8.41. The van der Waals surface area contributed by atoms with Gasteiger partial charge in [-0.1, -0.05) is 31.2 Å². The lowest BCUT2D eigenvalue weighted by Gasteiger charge is -2.05. The summed E-state index contributed by atoms with van der Waals surface area (Å²) in [6.07, 6.45) is 3.90. The first-order valence-electron chi connectivity index (χ1n) is 6.92. The van der Waals surface area contributed by atoms with Gasteiger partial charge in [0.05, 0.1) is 0 Å². The summed E-state index contributed by atoms with van der Waals surface area (Å²) in [6, 6.07) is 8.45. The van der Waals surface area contributed by atoms with Crippen molar-refractivity contribution >= 4 is 11.4 Å². The van der Waals surface area contributed by atoms with E-state index in [0.717, 1.165) is 37.4 Å². The van der Waals surface area contributed by atoms with Crippen LogP contribution in [0.2, 0.25) is 0 Å². The molecule has 0 unspecified atom stereocenters. The smallest absolute Gasteiger partial charge is 0.0427 e. The van der Waals surface area contributed by atoms with Crippen LogP contribution in [0.15, 0.2) is 46.9 Å². The molecule has 1 aromatic rings. The van der Waals surface area contributed by atoms with Crippen molar-refractivity contribution < 1.29 is 0 Å². The predicted molar refractivity (Wildman–Crippen MR) is 85.7 cm³/mol. The Morgan fingerprint density at radius 3 is 2.21 bits per heavy atom. The SMILES string of the molecule is C=CCCN=C(C)c1cccc(C(C)=NCCC)c1. The van der Waals surface area contributed by atoms with E-state index in [1.165, 1.54) is 11.1 Å². The van der Waals surface area contributed by atoms with Crippen molar-refractivity contribution in [2.75, 3.05) is 13.1 Å². The van der Waals surface area contributed by atoms with Gasteiger partial charge < -0.3 is 0 Å². The van der Waals surface area contributed by atoms with Crippen LogP contribution in [0.4, 0.5) is 0 Å². The largest absolute Gasteiger partial charge is 0.289 e. The van der Waals surface area contributed by atoms with E-state index in [4.69, 9.17) is 0 Å². The molecule has 2 nitrogen and oxygen atoms in total. The van der Waals surface area contributed by atoms with Gasteiger partial charge in [-0.05, 0) is 43.9 Å².